The number of carbonyl (C=O) groups excluding carboxylic acids is 1. The highest BCUT2D eigenvalue weighted by molar-refractivity contribution is 5.74. The molecule has 2 unspecified atom stereocenters. The molecule has 0 aliphatic heterocycles. The third-order valence-electron chi connectivity index (χ3n) is 3.44. The second-order valence-electron chi connectivity index (χ2n) is 5.26. The molecule has 5 nitrogen and oxygen atoms in total. The Labute approximate surface area is 134 Å². The van der Waals surface area contributed by atoms with Gasteiger partial charge in [-0.3, -0.25) is 4.98 Å². The van der Waals surface area contributed by atoms with Crippen LogP contribution in [0.25, 0.3) is 0 Å². The summed E-state index contributed by atoms with van der Waals surface area (Å²) in [6.07, 6.45) is 1.43. The summed E-state index contributed by atoms with van der Waals surface area (Å²) in [5, 5.41) is 15.5. The Morgan fingerprint density at radius 1 is 1.26 bits per heavy atom. The molecule has 23 heavy (non-hydrogen) atoms. The van der Waals surface area contributed by atoms with Crippen LogP contribution in [0, 0.1) is 5.82 Å². The van der Waals surface area contributed by atoms with Crippen molar-refractivity contribution in [1.29, 1.82) is 0 Å². The number of nitrogens with one attached hydrogen (secondary N) is 2. The van der Waals surface area contributed by atoms with E-state index in [-0.39, 0.29) is 11.8 Å². The van der Waals surface area contributed by atoms with E-state index < -0.39 is 12.1 Å². The SMILES string of the molecule is CC(NC(=O)NCCc1ccccn1)C(O)c1ccc(F)cc1. The van der Waals surface area contributed by atoms with Crippen LogP contribution in [0.3, 0.4) is 0 Å². The van der Waals surface area contributed by atoms with Gasteiger partial charge in [-0.1, -0.05) is 18.2 Å². The highest BCUT2D eigenvalue weighted by Crippen LogP contribution is 2.16. The Morgan fingerprint density at radius 3 is 2.65 bits per heavy atom. The minimum atomic E-state index is -0.905. The highest BCUT2D eigenvalue weighted by Gasteiger charge is 2.18. The number of benzene rings is 1. The molecule has 0 aliphatic carbocycles. The fraction of sp³-hybridized carbons (Fsp3) is 0.294. The first-order chi connectivity index (χ1) is 11.1. The lowest BCUT2D eigenvalue weighted by Gasteiger charge is -2.21. The van der Waals surface area contributed by atoms with Crippen molar-refractivity contribution in [1.82, 2.24) is 15.6 Å². The summed E-state index contributed by atoms with van der Waals surface area (Å²) in [7, 11) is 0. The van der Waals surface area contributed by atoms with E-state index in [1.54, 1.807) is 13.1 Å². The number of nitrogens with zero attached hydrogens (tertiary/aromatic N) is 1. The van der Waals surface area contributed by atoms with Crippen molar-refractivity contribution in [2.45, 2.75) is 25.5 Å². The summed E-state index contributed by atoms with van der Waals surface area (Å²) >= 11 is 0. The van der Waals surface area contributed by atoms with Gasteiger partial charge in [0, 0.05) is 24.9 Å². The molecule has 6 heteroatoms. The Kier molecular flexibility index (Phi) is 6.05. The van der Waals surface area contributed by atoms with Gasteiger partial charge in [0.05, 0.1) is 12.1 Å². The van der Waals surface area contributed by atoms with E-state index in [2.05, 4.69) is 15.6 Å². The van der Waals surface area contributed by atoms with E-state index in [1.165, 1.54) is 24.3 Å². The number of aliphatic hydroxyl groups is 1. The Hall–Kier alpha value is -2.47. The standard InChI is InChI=1S/C17H20FN3O2/c1-12(16(22)13-5-7-14(18)8-6-13)21-17(23)20-11-9-15-4-2-3-10-19-15/h2-8,10,12,16,22H,9,11H2,1H3,(H2,20,21,23). The van der Waals surface area contributed by atoms with Crippen LogP contribution in [-0.4, -0.2) is 28.7 Å². The number of urea groups is 1. The molecule has 2 amide bonds. The second-order valence-corrected chi connectivity index (χ2v) is 5.26. The molecule has 2 aromatic rings. The van der Waals surface area contributed by atoms with Crippen molar-refractivity contribution >= 4 is 6.03 Å². The summed E-state index contributed by atoms with van der Waals surface area (Å²) in [6.45, 7) is 2.13. The number of amides is 2. The lowest BCUT2D eigenvalue weighted by atomic mass is 10.0. The summed E-state index contributed by atoms with van der Waals surface area (Å²) in [5.74, 6) is -0.367. The molecule has 1 aromatic heterocycles. The average molecular weight is 317 g/mol. The molecule has 0 saturated heterocycles. The van der Waals surface area contributed by atoms with Crippen LogP contribution in [-0.2, 0) is 6.42 Å². The quantitative estimate of drug-likeness (QED) is 0.764. The zero-order valence-electron chi connectivity index (χ0n) is 12.9. The fourth-order valence-corrected chi connectivity index (χ4v) is 2.14. The number of hydrogen-bond donors (Lipinski definition) is 3. The Bertz CT molecular complexity index is 619. The van der Waals surface area contributed by atoms with Gasteiger partial charge in [0.15, 0.2) is 0 Å². The van der Waals surface area contributed by atoms with Crippen molar-refractivity contribution in [3.8, 4) is 0 Å². The number of aromatic nitrogens is 1. The van der Waals surface area contributed by atoms with Crippen molar-refractivity contribution in [2.75, 3.05) is 6.54 Å². The average Bonchev–Trinajstić information content (AvgIpc) is 2.56. The molecule has 0 fully saturated rings. The van der Waals surface area contributed by atoms with E-state index in [1.807, 2.05) is 18.2 Å². The molecule has 0 spiro atoms. The van der Waals surface area contributed by atoms with Gasteiger partial charge in [-0.15, -0.1) is 0 Å². The minimum Gasteiger partial charge on any atom is -0.386 e. The Balaban J connectivity index is 1.76. The molecule has 122 valence electrons. The van der Waals surface area contributed by atoms with E-state index >= 15 is 0 Å². The first-order valence-electron chi connectivity index (χ1n) is 7.44. The van der Waals surface area contributed by atoms with Gasteiger partial charge < -0.3 is 15.7 Å². The predicted octanol–water partition coefficient (Wildman–Crippen LogP) is 2.18. The lowest BCUT2D eigenvalue weighted by molar-refractivity contribution is 0.137. The minimum absolute atomic E-state index is 0.366. The van der Waals surface area contributed by atoms with Crippen LogP contribution in [0.4, 0.5) is 9.18 Å². The van der Waals surface area contributed by atoms with Gasteiger partial charge in [0.25, 0.3) is 0 Å². The lowest BCUT2D eigenvalue weighted by Crippen LogP contribution is -2.44. The van der Waals surface area contributed by atoms with Crippen LogP contribution < -0.4 is 10.6 Å². The largest absolute Gasteiger partial charge is 0.386 e. The van der Waals surface area contributed by atoms with Crippen molar-refractivity contribution < 1.29 is 14.3 Å². The number of pyridine rings is 1. The fourth-order valence-electron chi connectivity index (χ4n) is 2.14. The van der Waals surface area contributed by atoms with E-state index in [4.69, 9.17) is 0 Å². The molecule has 0 aliphatic rings. The van der Waals surface area contributed by atoms with Crippen molar-refractivity contribution in [2.24, 2.45) is 0 Å². The topological polar surface area (TPSA) is 74.2 Å². The molecular formula is C17H20FN3O2. The first kappa shape index (κ1) is 16.9. The maximum Gasteiger partial charge on any atom is 0.315 e. The van der Waals surface area contributed by atoms with E-state index in [0.29, 0.717) is 18.5 Å². The summed E-state index contributed by atoms with van der Waals surface area (Å²) in [4.78, 5) is 16.0. The third kappa shape index (κ3) is 5.34. The Morgan fingerprint density at radius 2 is 2.00 bits per heavy atom. The molecule has 0 bridgehead atoms. The second kappa shape index (κ2) is 8.24. The van der Waals surface area contributed by atoms with Crippen LogP contribution in [0.15, 0.2) is 48.7 Å². The van der Waals surface area contributed by atoms with E-state index in [0.717, 1.165) is 5.69 Å². The van der Waals surface area contributed by atoms with Gasteiger partial charge in [0.2, 0.25) is 0 Å². The maximum atomic E-state index is 12.9. The normalized spacial score (nSPS) is 13.2. The smallest absolute Gasteiger partial charge is 0.315 e. The number of aliphatic hydroxyl groups excluding tert-OH is 1. The van der Waals surface area contributed by atoms with Crippen LogP contribution in [0.1, 0.15) is 24.3 Å². The third-order valence-corrected chi connectivity index (χ3v) is 3.44. The van der Waals surface area contributed by atoms with Crippen LogP contribution in [0.5, 0.6) is 0 Å². The molecule has 0 radical (unpaired) electrons. The molecule has 1 aromatic carbocycles. The van der Waals surface area contributed by atoms with E-state index in [9.17, 15) is 14.3 Å². The molecule has 2 rings (SSSR count). The predicted molar refractivity (Wildman–Crippen MR) is 85.3 cm³/mol. The molecule has 3 N–H and O–H groups in total. The van der Waals surface area contributed by atoms with Crippen molar-refractivity contribution in [3.63, 3.8) is 0 Å². The zero-order valence-corrected chi connectivity index (χ0v) is 12.9. The first-order valence-corrected chi connectivity index (χ1v) is 7.44. The van der Waals surface area contributed by atoms with Gasteiger partial charge in [0.1, 0.15) is 5.82 Å². The van der Waals surface area contributed by atoms with Crippen molar-refractivity contribution in [3.05, 3.63) is 65.7 Å². The van der Waals surface area contributed by atoms with Crippen LogP contribution in [0.2, 0.25) is 0 Å². The van der Waals surface area contributed by atoms with Crippen LogP contribution >= 0.6 is 0 Å². The molecule has 2 atom stereocenters. The summed E-state index contributed by atoms with van der Waals surface area (Å²) < 4.78 is 12.9. The number of hydrogen-bond acceptors (Lipinski definition) is 3. The summed E-state index contributed by atoms with van der Waals surface area (Å²) in [6, 6.07) is 10.3. The molecule has 1 heterocycles. The maximum absolute atomic E-state index is 12.9. The molecule has 0 saturated carbocycles. The van der Waals surface area contributed by atoms with Gasteiger partial charge in [-0.05, 0) is 36.8 Å². The molecular weight excluding hydrogens is 297 g/mol. The van der Waals surface area contributed by atoms with Gasteiger partial charge in [-0.25, -0.2) is 9.18 Å². The summed E-state index contributed by atoms with van der Waals surface area (Å²) in [5.41, 5.74) is 1.44. The number of rotatable bonds is 6. The van der Waals surface area contributed by atoms with Gasteiger partial charge >= 0.3 is 6.03 Å². The number of halogens is 1. The monoisotopic (exact) mass is 317 g/mol. The number of carbonyl (C=O) groups is 1. The van der Waals surface area contributed by atoms with Gasteiger partial charge in [-0.2, -0.15) is 0 Å². The zero-order chi connectivity index (χ0) is 16.7. The highest BCUT2D eigenvalue weighted by atomic mass is 19.1.